The molecule has 0 amide bonds. The predicted molar refractivity (Wildman–Crippen MR) is 71.4 cm³/mol. The summed E-state index contributed by atoms with van der Waals surface area (Å²) in [5.41, 5.74) is 4.65. The minimum absolute atomic E-state index is 0.772. The molecule has 0 aliphatic heterocycles. The Hall–Kier alpha value is -1.62. The van der Waals surface area contributed by atoms with Gasteiger partial charge in [0, 0.05) is 25.4 Å². The van der Waals surface area contributed by atoms with Crippen LogP contribution in [0.4, 0.5) is 0 Å². The van der Waals surface area contributed by atoms with Gasteiger partial charge in [-0.2, -0.15) is 10.2 Å². The lowest BCUT2D eigenvalue weighted by Crippen LogP contribution is -2.06. The van der Waals surface area contributed by atoms with Gasteiger partial charge in [0.25, 0.3) is 0 Å². The largest absolute Gasteiger partial charge is 0.316 e. The zero-order chi connectivity index (χ0) is 13.1. The average molecular weight is 247 g/mol. The lowest BCUT2D eigenvalue weighted by atomic mass is 10.3. The van der Waals surface area contributed by atoms with Crippen molar-refractivity contribution in [2.45, 2.75) is 33.4 Å². The minimum Gasteiger partial charge on any atom is -0.316 e. The summed E-state index contributed by atoms with van der Waals surface area (Å²) in [5, 5.41) is 12.1. The highest BCUT2D eigenvalue weighted by Gasteiger charge is 2.08. The molecule has 0 aliphatic carbocycles. The summed E-state index contributed by atoms with van der Waals surface area (Å²) in [6.45, 7) is 5.80. The molecule has 5 nitrogen and oxygen atoms in total. The fourth-order valence-corrected chi connectivity index (χ4v) is 2.06. The Morgan fingerprint density at radius 3 is 2.72 bits per heavy atom. The van der Waals surface area contributed by atoms with E-state index in [0.29, 0.717) is 0 Å². The zero-order valence-electron chi connectivity index (χ0n) is 11.6. The highest BCUT2D eigenvalue weighted by atomic mass is 15.3. The topological polar surface area (TPSA) is 47.7 Å². The van der Waals surface area contributed by atoms with Crippen LogP contribution in [-0.2, 0) is 26.6 Å². The van der Waals surface area contributed by atoms with Crippen LogP contribution in [0.15, 0.2) is 12.3 Å². The molecule has 1 N–H and O–H groups in total. The van der Waals surface area contributed by atoms with E-state index in [9.17, 15) is 0 Å². The molecular weight excluding hydrogens is 226 g/mol. The van der Waals surface area contributed by atoms with Crippen LogP contribution in [0.2, 0.25) is 0 Å². The Bertz CT molecular complexity index is 523. The van der Waals surface area contributed by atoms with Crippen LogP contribution in [0, 0.1) is 6.92 Å². The van der Waals surface area contributed by atoms with Crippen molar-refractivity contribution in [1.82, 2.24) is 24.9 Å². The van der Waals surface area contributed by atoms with E-state index in [1.54, 1.807) is 0 Å². The molecule has 0 radical (unpaired) electrons. The molecule has 2 heterocycles. The third kappa shape index (κ3) is 2.61. The Kier molecular flexibility index (Phi) is 3.81. The van der Waals surface area contributed by atoms with Crippen LogP contribution < -0.4 is 5.32 Å². The lowest BCUT2D eigenvalue weighted by molar-refractivity contribution is 0.614. The first-order valence-corrected chi connectivity index (χ1v) is 6.33. The van der Waals surface area contributed by atoms with Gasteiger partial charge in [0.05, 0.1) is 23.6 Å². The van der Waals surface area contributed by atoms with Crippen molar-refractivity contribution in [3.8, 4) is 0 Å². The van der Waals surface area contributed by atoms with E-state index >= 15 is 0 Å². The zero-order valence-corrected chi connectivity index (χ0v) is 11.6. The first-order chi connectivity index (χ1) is 8.63. The summed E-state index contributed by atoms with van der Waals surface area (Å²) >= 11 is 0. The number of aryl methyl sites for hydroxylation is 3. The molecule has 0 saturated carbocycles. The number of nitrogens with zero attached hydrogens (tertiary/aromatic N) is 4. The fourth-order valence-electron chi connectivity index (χ4n) is 2.06. The number of nitrogens with one attached hydrogen (secondary N) is 1. The second-order valence-corrected chi connectivity index (χ2v) is 4.57. The van der Waals surface area contributed by atoms with Crippen LogP contribution in [0.3, 0.4) is 0 Å². The summed E-state index contributed by atoms with van der Waals surface area (Å²) in [6.07, 6.45) is 3.07. The first kappa shape index (κ1) is 12.8. The average Bonchev–Trinajstić information content (AvgIpc) is 2.85. The van der Waals surface area contributed by atoms with Gasteiger partial charge in [-0.1, -0.05) is 6.92 Å². The Labute approximate surface area is 108 Å². The summed E-state index contributed by atoms with van der Waals surface area (Å²) in [6, 6.07) is 2.15. The van der Waals surface area contributed by atoms with Crippen LogP contribution in [0.1, 0.15) is 29.6 Å². The second-order valence-electron chi connectivity index (χ2n) is 4.57. The van der Waals surface area contributed by atoms with E-state index in [1.165, 1.54) is 11.3 Å². The third-order valence-electron chi connectivity index (χ3n) is 3.13. The van der Waals surface area contributed by atoms with Crippen molar-refractivity contribution in [2.24, 2.45) is 7.05 Å². The Balaban J connectivity index is 2.17. The van der Waals surface area contributed by atoms with Gasteiger partial charge in [-0.15, -0.1) is 0 Å². The Morgan fingerprint density at radius 1 is 1.33 bits per heavy atom. The number of aromatic nitrogens is 4. The predicted octanol–water partition coefficient (Wildman–Crippen LogP) is 1.26. The molecule has 0 atom stereocenters. The molecule has 0 spiro atoms. The molecule has 18 heavy (non-hydrogen) atoms. The Morgan fingerprint density at radius 2 is 2.11 bits per heavy atom. The maximum atomic E-state index is 4.54. The molecule has 0 bridgehead atoms. The summed E-state index contributed by atoms with van der Waals surface area (Å²) in [5.74, 6) is 0. The van der Waals surface area contributed by atoms with Crippen LogP contribution >= 0.6 is 0 Å². The van der Waals surface area contributed by atoms with Crippen LogP contribution in [0.5, 0.6) is 0 Å². The van der Waals surface area contributed by atoms with Gasteiger partial charge >= 0.3 is 0 Å². The van der Waals surface area contributed by atoms with Crippen molar-refractivity contribution in [1.29, 1.82) is 0 Å². The van der Waals surface area contributed by atoms with Gasteiger partial charge in [0.1, 0.15) is 0 Å². The van der Waals surface area contributed by atoms with E-state index in [1.807, 2.05) is 30.4 Å². The standard InChI is InChI=1S/C13H21N5/c1-5-12-6-13(17(4)16-12)9-18-8-11(7-14-3)10(2)15-18/h6,8,14H,5,7,9H2,1-4H3. The molecular formula is C13H21N5. The maximum absolute atomic E-state index is 4.54. The van der Waals surface area contributed by atoms with Gasteiger partial charge in [0.15, 0.2) is 0 Å². The molecule has 2 aromatic heterocycles. The van der Waals surface area contributed by atoms with Crippen molar-refractivity contribution in [3.63, 3.8) is 0 Å². The normalized spacial score (nSPS) is 11.1. The van der Waals surface area contributed by atoms with Crippen molar-refractivity contribution < 1.29 is 0 Å². The molecule has 0 unspecified atom stereocenters. The maximum Gasteiger partial charge on any atom is 0.0828 e. The number of hydrogen-bond donors (Lipinski definition) is 1. The highest BCUT2D eigenvalue weighted by Crippen LogP contribution is 2.09. The van der Waals surface area contributed by atoms with Crippen LogP contribution in [-0.4, -0.2) is 26.6 Å². The minimum atomic E-state index is 0.772. The molecule has 0 aliphatic rings. The van der Waals surface area contributed by atoms with Gasteiger partial charge < -0.3 is 5.32 Å². The van der Waals surface area contributed by atoms with E-state index < -0.39 is 0 Å². The fraction of sp³-hybridized carbons (Fsp3) is 0.538. The van der Waals surface area contributed by atoms with Gasteiger partial charge in [0.2, 0.25) is 0 Å². The number of rotatable bonds is 5. The van der Waals surface area contributed by atoms with Gasteiger partial charge in [-0.05, 0) is 26.5 Å². The first-order valence-electron chi connectivity index (χ1n) is 6.33. The molecule has 0 saturated heterocycles. The highest BCUT2D eigenvalue weighted by molar-refractivity contribution is 5.17. The van der Waals surface area contributed by atoms with E-state index in [2.05, 4.69) is 34.7 Å². The van der Waals surface area contributed by atoms with Gasteiger partial charge in [-0.3, -0.25) is 9.36 Å². The molecule has 0 fully saturated rings. The molecule has 0 aromatic carbocycles. The lowest BCUT2D eigenvalue weighted by Gasteiger charge is -2.01. The van der Waals surface area contributed by atoms with Crippen molar-refractivity contribution in [3.05, 3.63) is 34.9 Å². The van der Waals surface area contributed by atoms with E-state index in [-0.39, 0.29) is 0 Å². The molecule has 2 rings (SSSR count). The SMILES string of the molecule is CCc1cc(Cn2cc(CNC)c(C)n2)n(C)n1. The van der Waals surface area contributed by atoms with Crippen LogP contribution in [0.25, 0.3) is 0 Å². The van der Waals surface area contributed by atoms with Gasteiger partial charge in [-0.25, -0.2) is 0 Å². The van der Waals surface area contributed by atoms with Crippen molar-refractivity contribution in [2.75, 3.05) is 7.05 Å². The smallest absolute Gasteiger partial charge is 0.0828 e. The number of hydrogen-bond acceptors (Lipinski definition) is 3. The monoisotopic (exact) mass is 247 g/mol. The summed E-state index contributed by atoms with van der Waals surface area (Å²) < 4.78 is 3.92. The summed E-state index contributed by atoms with van der Waals surface area (Å²) in [7, 11) is 3.94. The third-order valence-corrected chi connectivity index (χ3v) is 3.13. The quantitative estimate of drug-likeness (QED) is 0.865. The van der Waals surface area contributed by atoms with E-state index in [4.69, 9.17) is 0 Å². The second kappa shape index (κ2) is 5.35. The molecule has 2 aromatic rings. The molecule has 98 valence electrons. The van der Waals surface area contributed by atoms with Crippen molar-refractivity contribution >= 4 is 0 Å². The van der Waals surface area contributed by atoms with E-state index in [0.717, 1.165) is 30.9 Å². The summed E-state index contributed by atoms with van der Waals surface area (Å²) in [4.78, 5) is 0. The molecule has 5 heteroatoms.